The van der Waals surface area contributed by atoms with Gasteiger partial charge in [-0.05, 0) is 24.3 Å². The smallest absolute Gasteiger partial charge is 0.225 e. The normalized spacial score (nSPS) is 31.0. The maximum atomic E-state index is 12.7. The molecule has 1 aromatic rings. The van der Waals surface area contributed by atoms with E-state index in [0.29, 0.717) is 12.0 Å². The fourth-order valence-electron chi connectivity index (χ4n) is 3.94. The number of aromatic nitrogens is 2. The summed E-state index contributed by atoms with van der Waals surface area (Å²) >= 11 is 0. The van der Waals surface area contributed by atoms with E-state index in [1.54, 1.807) is 0 Å². The molecule has 0 radical (unpaired) electrons. The summed E-state index contributed by atoms with van der Waals surface area (Å²) < 4.78 is 1.81. The predicted octanol–water partition coefficient (Wildman–Crippen LogP) is 1.84. The summed E-state index contributed by atoms with van der Waals surface area (Å²) in [6.07, 6.45) is 8.74. The molecule has 4 atom stereocenters. The highest BCUT2D eigenvalue weighted by atomic mass is 35.5. The highest BCUT2D eigenvalue weighted by Gasteiger charge is 2.37. The molecule has 1 aromatic heterocycles. The van der Waals surface area contributed by atoms with Crippen molar-refractivity contribution in [3.05, 3.63) is 18.0 Å². The number of aryl methyl sites for hydroxylation is 1. The summed E-state index contributed by atoms with van der Waals surface area (Å²) in [5, 5.41) is 10.9. The molecule has 0 bridgehead atoms. The number of carbonyl (C=O) groups excluding carboxylic acids is 1. The lowest BCUT2D eigenvalue weighted by atomic mass is 9.89. The maximum Gasteiger partial charge on any atom is 0.225 e. The molecule has 2 unspecified atom stereocenters. The molecule has 6 heteroatoms. The van der Waals surface area contributed by atoms with E-state index in [4.69, 9.17) is 0 Å². The number of halogens is 1. The van der Waals surface area contributed by atoms with Gasteiger partial charge in [-0.3, -0.25) is 9.48 Å². The van der Waals surface area contributed by atoms with Gasteiger partial charge in [-0.2, -0.15) is 5.10 Å². The molecule has 2 N–H and O–H groups in total. The summed E-state index contributed by atoms with van der Waals surface area (Å²) in [4.78, 5) is 12.7. The van der Waals surface area contributed by atoms with E-state index in [1.807, 2.05) is 24.1 Å². The minimum absolute atomic E-state index is 0. The second kappa shape index (κ2) is 7.47. The molecule has 2 fully saturated rings. The third-order valence-electron chi connectivity index (χ3n) is 5.22. The van der Waals surface area contributed by atoms with Crippen molar-refractivity contribution in [2.24, 2.45) is 18.9 Å². The fourth-order valence-corrected chi connectivity index (χ4v) is 3.94. The van der Waals surface area contributed by atoms with Gasteiger partial charge in [0.1, 0.15) is 0 Å². The molecule has 3 rings (SSSR count). The quantitative estimate of drug-likeness (QED) is 0.887. The number of nitrogens with zero attached hydrogens (tertiary/aromatic N) is 2. The molecule has 2 aliphatic rings. The Hall–Kier alpha value is -1.07. The molecule has 22 heavy (non-hydrogen) atoms. The van der Waals surface area contributed by atoms with Gasteiger partial charge in [0.2, 0.25) is 5.91 Å². The van der Waals surface area contributed by atoms with E-state index in [0.717, 1.165) is 19.5 Å². The zero-order chi connectivity index (χ0) is 14.8. The first-order valence-electron chi connectivity index (χ1n) is 8.18. The second-order valence-corrected chi connectivity index (χ2v) is 6.53. The predicted molar refractivity (Wildman–Crippen MR) is 89.1 cm³/mol. The van der Waals surface area contributed by atoms with Gasteiger partial charge >= 0.3 is 0 Å². The lowest BCUT2D eigenvalue weighted by Crippen LogP contribution is -2.42. The van der Waals surface area contributed by atoms with Crippen LogP contribution >= 0.6 is 12.4 Å². The fraction of sp³-hybridized carbons (Fsp3) is 0.750. The molecule has 1 saturated carbocycles. The van der Waals surface area contributed by atoms with Gasteiger partial charge in [0.25, 0.3) is 0 Å². The number of amides is 1. The summed E-state index contributed by atoms with van der Waals surface area (Å²) in [5.41, 5.74) is 1.17. The zero-order valence-electron chi connectivity index (χ0n) is 13.4. The molecule has 1 aliphatic carbocycles. The van der Waals surface area contributed by atoms with Crippen molar-refractivity contribution in [2.45, 2.75) is 44.6 Å². The topological polar surface area (TPSA) is 59.0 Å². The van der Waals surface area contributed by atoms with Gasteiger partial charge in [0, 0.05) is 38.3 Å². The summed E-state index contributed by atoms with van der Waals surface area (Å²) in [7, 11) is 1.92. The summed E-state index contributed by atoms with van der Waals surface area (Å²) in [6, 6.07) is 0.387. The van der Waals surface area contributed by atoms with E-state index >= 15 is 0 Å². The third-order valence-corrected chi connectivity index (χ3v) is 5.22. The van der Waals surface area contributed by atoms with E-state index in [1.165, 1.54) is 24.8 Å². The first kappa shape index (κ1) is 17.3. The molecule has 1 amide bonds. The Morgan fingerprint density at radius 2 is 2.27 bits per heavy atom. The molecule has 1 saturated heterocycles. The van der Waals surface area contributed by atoms with E-state index in [-0.39, 0.29) is 30.2 Å². The Kier molecular flexibility index (Phi) is 5.87. The van der Waals surface area contributed by atoms with Crippen molar-refractivity contribution in [3.8, 4) is 0 Å². The molecule has 5 nitrogen and oxygen atoms in total. The Bertz CT molecular complexity index is 504. The number of carbonyl (C=O) groups is 1. The maximum absolute atomic E-state index is 12.7. The van der Waals surface area contributed by atoms with Gasteiger partial charge in [-0.1, -0.05) is 19.8 Å². The van der Waals surface area contributed by atoms with Crippen LogP contribution < -0.4 is 10.6 Å². The van der Waals surface area contributed by atoms with Gasteiger partial charge in [-0.25, -0.2) is 0 Å². The number of hydrogen-bond acceptors (Lipinski definition) is 3. The second-order valence-electron chi connectivity index (χ2n) is 6.53. The first-order chi connectivity index (χ1) is 10.2. The third kappa shape index (κ3) is 3.46. The van der Waals surface area contributed by atoms with Crippen LogP contribution in [0, 0.1) is 11.8 Å². The van der Waals surface area contributed by atoms with Crippen LogP contribution in [0.2, 0.25) is 0 Å². The Balaban J connectivity index is 0.00000176. The van der Waals surface area contributed by atoms with Gasteiger partial charge < -0.3 is 10.6 Å². The van der Waals surface area contributed by atoms with Crippen molar-refractivity contribution < 1.29 is 4.79 Å². The molecule has 1 aliphatic heterocycles. The Labute approximate surface area is 138 Å². The average molecular weight is 327 g/mol. The minimum Gasteiger partial charge on any atom is -0.353 e. The van der Waals surface area contributed by atoms with Crippen molar-refractivity contribution in [2.75, 3.05) is 13.1 Å². The first-order valence-corrected chi connectivity index (χ1v) is 8.18. The Morgan fingerprint density at radius 3 is 2.95 bits per heavy atom. The van der Waals surface area contributed by atoms with Crippen LogP contribution in [0.5, 0.6) is 0 Å². The van der Waals surface area contributed by atoms with Gasteiger partial charge in [0.05, 0.1) is 12.1 Å². The average Bonchev–Trinajstić information content (AvgIpc) is 3.17. The van der Waals surface area contributed by atoms with Crippen LogP contribution in [0.15, 0.2) is 12.4 Å². The van der Waals surface area contributed by atoms with E-state index in [2.05, 4.69) is 22.7 Å². The molecule has 2 heterocycles. The van der Waals surface area contributed by atoms with Crippen LogP contribution in [-0.2, 0) is 11.8 Å². The zero-order valence-corrected chi connectivity index (χ0v) is 14.2. The summed E-state index contributed by atoms with van der Waals surface area (Å²) in [5.74, 6) is 1.17. The van der Waals surface area contributed by atoms with E-state index < -0.39 is 0 Å². The van der Waals surface area contributed by atoms with E-state index in [9.17, 15) is 4.79 Å². The van der Waals surface area contributed by atoms with Gasteiger partial charge in [0.15, 0.2) is 0 Å². The molecule has 0 spiro atoms. The lowest BCUT2D eigenvalue weighted by molar-refractivity contribution is -0.125. The highest BCUT2D eigenvalue weighted by Crippen LogP contribution is 2.31. The Morgan fingerprint density at radius 1 is 1.45 bits per heavy atom. The van der Waals surface area contributed by atoms with Crippen molar-refractivity contribution in [1.29, 1.82) is 0 Å². The van der Waals surface area contributed by atoms with Crippen LogP contribution in [0.4, 0.5) is 0 Å². The monoisotopic (exact) mass is 326 g/mol. The molecular formula is C16H27ClN4O. The largest absolute Gasteiger partial charge is 0.353 e. The van der Waals surface area contributed by atoms with Crippen LogP contribution in [0.3, 0.4) is 0 Å². The number of rotatable bonds is 4. The standard InChI is InChI=1S/C16H26N4O.ClH/c1-3-11-5-4-6-15(11)19-16(21)14-9-17-8-13(14)12-7-18-20(2)10-12;/h7,10-11,13-15,17H,3-6,8-9H2,1-2H3,(H,19,21);1H/t11?,13-,14+,15?;/m1./s1. The number of nitrogens with one attached hydrogen (secondary N) is 2. The van der Waals surface area contributed by atoms with Gasteiger partial charge in [-0.15, -0.1) is 12.4 Å². The lowest BCUT2D eigenvalue weighted by Gasteiger charge is -2.23. The van der Waals surface area contributed by atoms with Crippen molar-refractivity contribution >= 4 is 18.3 Å². The molecular weight excluding hydrogens is 300 g/mol. The molecule has 0 aromatic carbocycles. The summed E-state index contributed by atoms with van der Waals surface area (Å²) in [6.45, 7) is 3.87. The van der Waals surface area contributed by atoms with Crippen LogP contribution in [0.25, 0.3) is 0 Å². The molecule has 124 valence electrons. The number of hydrogen-bond donors (Lipinski definition) is 2. The van der Waals surface area contributed by atoms with Crippen LogP contribution in [-0.4, -0.2) is 34.8 Å². The highest BCUT2D eigenvalue weighted by molar-refractivity contribution is 5.85. The minimum atomic E-state index is 0. The van der Waals surface area contributed by atoms with Crippen molar-refractivity contribution in [1.82, 2.24) is 20.4 Å². The SMILES string of the molecule is CCC1CCCC1NC(=O)[C@H]1CNC[C@@H]1c1cnn(C)c1.Cl. The van der Waals surface area contributed by atoms with Crippen molar-refractivity contribution in [3.63, 3.8) is 0 Å². The van der Waals surface area contributed by atoms with Crippen LogP contribution in [0.1, 0.15) is 44.1 Å².